The summed E-state index contributed by atoms with van der Waals surface area (Å²) >= 11 is 0. The van der Waals surface area contributed by atoms with Gasteiger partial charge < -0.3 is 24.3 Å². The van der Waals surface area contributed by atoms with E-state index in [9.17, 15) is 27.6 Å². The van der Waals surface area contributed by atoms with Gasteiger partial charge >= 0.3 is 5.97 Å². The van der Waals surface area contributed by atoms with Gasteiger partial charge in [-0.2, -0.15) is 4.31 Å². The molecule has 4 heterocycles. The van der Waals surface area contributed by atoms with Gasteiger partial charge in [0.1, 0.15) is 18.1 Å². The van der Waals surface area contributed by atoms with Gasteiger partial charge in [0.15, 0.2) is 0 Å². The third-order valence-electron chi connectivity index (χ3n) is 13.9. The molecule has 1 aromatic heterocycles. The van der Waals surface area contributed by atoms with Crippen LogP contribution in [0.25, 0.3) is 27.6 Å². The van der Waals surface area contributed by atoms with E-state index in [1.165, 1.54) is 27.2 Å². The molecule has 6 rings (SSSR count). The lowest BCUT2D eigenvalue weighted by molar-refractivity contribution is -0.155. The lowest BCUT2D eigenvalue weighted by Crippen LogP contribution is -2.62. The van der Waals surface area contributed by atoms with Crippen LogP contribution in [-0.4, -0.2) is 122 Å². The van der Waals surface area contributed by atoms with Crippen LogP contribution in [0.5, 0.6) is 0 Å². The molecule has 3 aromatic rings. The maximum atomic E-state index is 14.8. The van der Waals surface area contributed by atoms with Crippen molar-refractivity contribution in [3.63, 3.8) is 0 Å². The zero-order valence-corrected chi connectivity index (χ0v) is 43.2. The molecule has 0 spiro atoms. The van der Waals surface area contributed by atoms with Gasteiger partial charge in [-0.25, -0.2) is 13.8 Å². The van der Waals surface area contributed by atoms with E-state index >= 15 is 0 Å². The number of aryl methyl sites for hydroxylation is 1. The number of carbonyl (C=O) groups is 4. The third kappa shape index (κ3) is 11.3. The van der Waals surface area contributed by atoms with E-state index in [1.807, 2.05) is 58.0 Å². The molecule has 0 aliphatic carbocycles. The van der Waals surface area contributed by atoms with E-state index in [4.69, 9.17) is 14.5 Å². The molecule has 374 valence electrons. The summed E-state index contributed by atoms with van der Waals surface area (Å²) in [5.74, 6) is -2.78. The van der Waals surface area contributed by atoms with Crippen molar-refractivity contribution in [1.82, 2.24) is 29.5 Å². The number of aromatic nitrogens is 1. The lowest BCUT2D eigenvalue weighted by atomic mass is 9.84. The summed E-state index contributed by atoms with van der Waals surface area (Å²) in [5, 5.41) is 5.49. The van der Waals surface area contributed by atoms with Crippen molar-refractivity contribution in [1.29, 1.82) is 0 Å². The Labute approximate surface area is 409 Å². The molecule has 15 nitrogen and oxygen atoms in total. The number of methoxy groups -OCH3 is 1. The van der Waals surface area contributed by atoms with Gasteiger partial charge in [-0.15, -0.1) is 0 Å². The highest BCUT2D eigenvalue weighted by Gasteiger charge is 2.42. The number of allylic oxidation sites excluding steroid dienone is 4. The Morgan fingerprint density at radius 3 is 2.46 bits per heavy atom. The molecule has 3 amide bonds. The van der Waals surface area contributed by atoms with Crippen LogP contribution in [0.4, 0.5) is 0 Å². The summed E-state index contributed by atoms with van der Waals surface area (Å²) in [6.45, 7) is 22.5. The number of rotatable bonds is 13. The number of fused-ring (bicyclic) bond motifs is 6. The van der Waals surface area contributed by atoms with Gasteiger partial charge in [-0.3, -0.25) is 29.2 Å². The fraction of sp³-hybridized carbons (Fsp3) is 0.528. The zero-order chi connectivity index (χ0) is 50.5. The number of sulfonamides is 1. The van der Waals surface area contributed by atoms with Crippen molar-refractivity contribution >= 4 is 56.4 Å². The Bertz CT molecular complexity index is 2650. The van der Waals surface area contributed by atoms with Crippen molar-refractivity contribution < 1.29 is 37.1 Å². The average Bonchev–Trinajstić information content (AvgIpc) is 3.95. The molecule has 5 atom stereocenters. The number of esters is 1. The van der Waals surface area contributed by atoms with Gasteiger partial charge in [0, 0.05) is 74.9 Å². The third-order valence-corrected chi connectivity index (χ3v) is 15.9. The van der Waals surface area contributed by atoms with Crippen molar-refractivity contribution in [2.45, 2.75) is 125 Å². The number of amides is 3. The van der Waals surface area contributed by atoms with E-state index in [0.717, 1.165) is 50.1 Å². The van der Waals surface area contributed by atoms with Crippen molar-refractivity contribution in [3.8, 4) is 11.1 Å². The molecule has 0 radical (unpaired) electrons. The Morgan fingerprint density at radius 2 is 1.81 bits per heavy atom. The number of hydrazine groups is 1. The highest BCUT2D eigenvalue weighted by Crippen LogP contribution is 2.40. The first-order valence-electron chi connectivity index (χ1n) is 24.3. The molecule has 16 heteroatoms. The topological polar surface area (TPSA) is 172 Å². The minimum absolute atomic E-state index is 0.0116. The van der Waals surface area contributed by atoms with Crippen LogP contribution in [-0.2, 0) is 58.1 Å². The summed E-state index contributed by atoms with van der Waals surface area (Å²) in [6.07, 6.45) is 6.75. The SMILES string of the molecule is C=C/C(=C(\N=CC)[C@H](C)OC)c1c2c3cc(ccc3n1CC)-c1cccc(c1)C[C@H](NC(=O)[C@H](C(C)C)N(C)C(=O)[C@H]1CCN(S(=O)(=O)/C(C)=C/C)C1)C(=O)N1CCC[C@H](N1)C(=O)OCC(C)(C)C2. The molecule has 2 aromatic carbocycles. The highest BCUT2D eigenvalue weighted by molar-refractivity contribution is 7.93. The molecular formula is C53H73N7O8S. The summed E-state index contributed by atoms with van der Waals surface area (Å²) in [5.41, 5.74) is 9.90. The minimum Gasteiger partial charge on any atom is -0.464 e. The lowest BCUT2D eigenvalue weighted by Gasteiger charge is -2.37. The van der Waals surface area contributed by atoms with Crippen LogP contribution in [0.15, 0.2) is 76.8 Å². The van der Waals surface area contributed by atoms with Crippen molar-refractivity contribution in [2.75, 3.05) is 40.4 Å². The van der Waals surface area contributed by atoms with Crippen LogP contribution in [0, 0.1) is 17.3 Å². The first kappa shape index (κ1) is 52.9. The van der Waals surface area contributed by atoms with Gasteiger partial charge in [-0.1, -0.05) is 76.8 Å². The smallest absolute Gasteiger partial charge is 0.324 e. The maximum absolute atomic E-state index is 14.8. The van der Waals surface area contributed by atoms with E-state index in [0.29, 0.717) is 38.8 Å². The van der Waals surface area contributed by atoms with Crippen LogP contribution in [0.1, 0.15) is 98.4 Å². The number of nitrogens with one attached hydrogen (secondary N) is 2. The second-order valence-corrected chi connectivity index (χ2v) is 21.8. The molecule has 3 aliphatic rings. The van der Waals surface area contributed by atoms with E-state index in [2.05, 4.69) is 60.9 Å². The largest absolute Gasteiger partial charge is 0.464 e. The predicted molar refractivity (Wildman–Crippen MR) is 272 cm³/mol. The van der Waals surface area contributed by atoms with Gasteiger partial charge in [0.05, 0.1) is 34.9 Å². The Balaban J connectivity index is 1.42. The summed E-state index contributed by atoms with van der Waals surface area (Å²) in [7, 11) is -0.484. The quantitative estimate of drug-likeness (QED) is 0.103. The first-order valence-corrected chi connectivity index (χ1v) is 25.7. The molecule has 2 saturated heterocycles. The number of likely N-dealkylation sites (N-methyl/N-ethyl adjacent to an activating group) is 1. The average molecular weight is 968 g/mol. The number of benzene rings is 2. The highest BCUT2D eigenvalue weighted by atomic mass is 32.2. The first-order chi connectivity index (χ1) is 32.7. The van der Waals surface area contributed by atoms with Gasteiger partial charge in [0.2, 0.25) is 21.8 Å². The zero-order valence-electron chi connectivity index (χ0n) is 42.4. The predicted octanol–water partition coefficient (Wildman–Crippen LogP) is 7.06. The molecule has 69 heavy (non-hydrogen) atoms. The fourth-order valence-electron chi connectivity index (χ4n) is 10.0. The molecular weight excluding hydrogens is 895 g/mol. The number of nitrogens with zero attached hydrogens (tertiary/aromatic N) is 5. The number of aliphatic imine (C=N–C) groups is 1. The minimum atomic E-state index is -3.71. The Kier molecular flexibility index (Phi) is 17.0. The van der Waals surface area contributed by atoms with E-state index < -0.39 is 57.3 Å². The summed E-state index contributed by atoms with van der Waals surface area (Å²) in [6, 6.07) is 11.5. The van der Waals surface area contributed by atoms with Crippen molar-refractivity contribution in [2.24, 2.45) is 22.2 Å². The normalized spacial score (nSPS) is 22.0. The fourth-order valence-corrected chi connectivity index (χ4v) is 11.4. The summed E-state index contributed by atoms with van der Waals surface area (Å²) in [4.78, 5) is 63.8. The van der Waals surface area contributed by atoms with Gasteiger partial charge in [-0.05, 0) is 101 Å². The van der Waals surface area contributed by atoms with Crippen LogP contribution in [0.2, 0.25) is 0 Å². The molecule has 0 unspecified atom stereocenters. The second kappa shape index (κ2) is 22.1. The van der Waals surface area contributed by atoms with Crippen LogP contribution < -0.4 is 10.7 Å². The van der Waals surface area contributed by atoms with E-state index in [1.54, 1.807) is 27.3 Å². The molecule has 3 aliphatic heterocycles. The van der Waals surface area contributed by atoms with E-state index in [-0.39, 0.29) is 49.0 Å². The second-order valence-electron chi connectivity index (χ2n) is 19.7. The standard InChI is InChI=1S/C53H73N7O8S/c1-13-34(7)69(65,66)58-26-24-39(31-58)50(62)57(11)47(33(5)6)49(61)55-44-28-36-19-17-20-37(27-36)38-22-23-45-41(29-38)42(48(59(45)16-4)40(14-2)46(54-15-3)35(8)67-12)30-53(9,10)32-68-52(64)43-21-18-25-60(56-43)51(44)63/h13-15,17,19-20,22-23,27,29,33,35,39,43-44,47,56H,2,16,18,21,24-26,28,30-32H2,1,3-12H3,(H,55,61)/b34-13+,46-40+,54-15?/t35-,39-,43-,44-,47-/m0/s1. The Morgan fingerprint density at radius 1 is 1.09 bits per heavy atom. The van der Waals surface area contributed by atoms with Crippen LogP contribution in [0.3, 0.4) is 0 Å². The van der Waals surface area contributed by atoms with Crippen molar-refractivity contribution in [3.05, 3.63) is 88.6 Å². The molecule has 0 saturated carbocycles. The maximum Gasteiger partial charge on any atom is 0.324 e. The molecule has 2 N–H and O–H groups in total. The Hall–Kier alpha value is -5.42. The summed E-state index contributed by atoms with van der Waals surface area (Å²) < 4.78 is 41.8. The number of hydrogen-bond acceptors (Lipinski definition) is 10. The van der Waals surface area contributed by atoms with Crippen LogP contribution >= 0.6 is 0 Å². The van der Waals surface area contributed by atoms with Gasteiger partial charge in [0.25, 0.3) is 5.91 Å². The number of carbonyl (C=O) groups excluding carboxylic acids is 4. The number of cyclic esters (lactones) is 1. The number of ether oxygens (including phenoxy) is 2. The molecule has 2 fully saturated rings. The number of hydrogen-bond donors (Lipinski definition) is 2. The molecule has 6 bridgehead atoms. The monoisotopic (exact) mass is 968 g/mol.